The van der Waals surface area contributed by atoms with Crippen molar-refractivity contribution in [1.82, 2.24) is 5.43 Å². The van der Waals surface area contributed by atoms with E-state index in [4.69, 9.17) is 4.74 Å². The summed E-state index contributed by atoms with van der Waals surface area (Å²) in [6.07, 6.45) is 1.31. The molecule has 130 valence electrons. The number of amides is 2. The summed E-state index contributed by atoms with van der Waals surface area (Å²) in [6, 6.07) is 13.3. The van der Waals surface area contributed by atoms with E-state index in [2.05, 4.69) is 15.8 Å². The topological polar surface area (TPSA) is 100 Å². The zero-order chi connectivity index (χ0) is 18.2. The molecule has 2 amide bonds. The zero-order valence-corrected chi connectivity index (χ0v) is 13.9. The fourth-order valence-corrected chi connectivity index (χ4v) is 1.90. The second-order valence-corrected chi connectivity index (χ2v) is 5.23. The first kappa shape index (κ1) is 18.0. The van der Waals surface area contributed by atoms with Crippen LogP contribution in [-0.4, -0.2) is 30.2 Å². The highest BCUT2D eigenvalue weighted by Crippen LogP contribution is 2.16. The van der Waals surface area contributed by atoms with Crippen molar-refractivity contribution in [3.8, 4) is 11.5 Å². The lowest BCUT2D eigenvalue weighted by Gasteiger charge is -2.11. The minimum Gasteiger partial charge on any atom is -0.507 e. The molecule has 3 N–H and O–H groups in total. The van der Waals surface area contributed by atoms with Gasteiger partial charge in [-0.1, -0.05) is 12.1 Å². The maximum Gasteiger partial charge on any atom is 0.252 e. The van der Waals surface area contributed by atoms with Crippen molar-refractivity contribution in [1.29, 1.82) is 0 Å². The van der Waals surface area contributed by atoms with E-state index in [0.717, 1.165) is 0 Å². The van der Waals surface area contributed by atoms with Gasteiger partial charge in [0.1, 0.15) is 17.4 Å². The summed E-state index contributed by atoms with van der Waals surface area (Å²) in [7, 11) is 1.55. The van der Waals surface area contributed by atoms with Gasteiger partial charge in [-0.2, -0.15) is 5.10 Å². The third kappa shape index (κ3) is 5.07. The van der Waals surface area contributed by atoms with Crippen molar-refractivity contribution < 1.29 is 19.4 Å². The van der Waals surface area contributed by atoms with Crippen LogP contribution in [0.4, 0.5) is 5.69 Å². The van der Waals surface area contributed by atoms with E-state index in [1.165, 1.54) is 19.2 Å². The maximum atomic E-state index is 12.1. The van der Waals surface area contributed by atoms with Gasteiger partial charge >= 0.3 is 0 Å². The van der Waals surface area contributed by atoms with Gasteiger partial charge in [-0.25, -0.2) is 5.43 Å². The quantitative estimate of drug-likeness (QED) is 0.426. The number of carbonyl (C=O) groups excluding carboxylic acids is 2. The third-order valence-corrected chi connectivity index (χ3v) is 3.46. The van der Waals surface area contributed by atoms with Crippen LogP contribution in [0.2, 0.25) is 0 Å². The molecule has 0 bridgehead atoms. The fourth-order valence-electron chi connectivity index (χ4n) is 1.90. The van der Waals surface area contributed by atoms with Crippen molar-refractivity contribution >= 4 is 23.7 Å². The molecule has 0 radical (unpaired) electrons. The van der Waals surface area contributed by atoms with Gasteiger partial charge in [-0.3, -0.25) is 9.59 Å². The van der Waals surface area contributed by atoms with E-state index in [0.29, 0.717) is 17.0 Å². The van der Waals surface area contributed by atoms with Crippen LogP contribution in [0.5, 0.6) is 11.5 Å². The van der Waals surface area contributed by atoms with E-state index >= 15 is 0 Å². The molecule has 0 fully saturated rings. The Hall–Kier alpha value is -3.35. The average molecular weight is 341 g/mol. The van der Waals surface area contributed by atoms with Crippen molar-refractivity contribution in [2.45, 2.75) is 6.92 Å². The molecular weight excluding hydrogens is 322 g/mol. The molecule has 0 aliphatic carbocycles. The number of hydrogen-bond acceptors (Lipinski definition) is 5. The van der Waals surface area contributed by atoms with Gasteiger partial charge in [-0.15, -0.1) is 0 Å². The monoisotopic (exact) mass is 341 g/mol. The zero-order valence-electron chi connectivity index (χ0n) is 13.9. The number of carbonyl (C=O) groups is 2. The van der Waals surface area contributed by atoms with Crippen molar-refractivity contribution in [3.05, 3.63) is 54.1 Å². The molecule has 0 spiro atoms. The number of phenolic OH excluding ortho intramolecular Hbond substituents is 1. The van der Waals surface area contributed by atoms with Gasteiger partial charge in [0.2, 0.25) is 5.91 Å². The van der Waals surface area contributed by atoms with Crippen LogP contribution in [-0.2, 0) is 9.59 Å². The predicted octanol–water partition coefficient (Wildman–Crippen LogP) is 2.13. The lowest BCUT2D eigenvalue weighted by atomic mass is 10.1. The van der Waals surface area contributed by atoms with Gasteiger partial charge < -0.3 is 15.2 Å². The third-order valence-electron chi connectivity index (χ3n) is 3.46. The molecule has 2 aromatic rings. The molecule has 25 heavy (non-hydrogen) atoms. The minimum absolute atomic E-state index is 0.0470. The predicted molar refractivity (Wildman–Crippen MR) is 94.6 cm³/mol. The Balaban J connectivity index is 1.90. The summed E-state index contributed by atoms with van der Waals surface area (Å²) in [6.45, 7) is 1.48. The van der Waals surface area contributed by atoms with Crippen LogP contribution in [0.1, 0.15) is 12.5 Å². The standard InChI is InChI=1S/C18H19N3O4/c1-12(17(23)20-14-7-9-15(25-2)10-8-14)18(24)21-19-11-13-5-3-4-6-16(13)22/h3-12,22H,1-2H3,(H,20,23)(H,21,24). The largest absolute Gasteiger partial charge is 0.507 e. The van der Waals surface area contributed by atoms with Crippen LogP contribution < -0.4 is 15.5 Å². The van der Waals surface area contributed by atoms with E-state index in [9.17, 15) is 14.7 Å². The normalized spacial score (nSPS) is 11.8. The molecular formula is C18H19N3O4. The number of para-hydroxylation sites is 1. The number of phenols is 1. The first-order valence-electron chi connectivity index (χ1n) is 7.57. The van der Waals surface area contributed by atoms with Gasteiger partial charge in [0.15, 0.2) is 0 Å². The maximum absolute atomic E-state index is 12.1. The summed E-state index contributed by atoms with van der Waals surface area (Å²) in [5.41, 5.74) is 3.30. The Morgan fingerprint density at radius 1 is 1.12 bits per heavy atom. The summed E-state index contributed by atoms with van der Waals surface area (Å²) >= 11 is 0. The molecule has 0 saturated carbocycles. The van der Waals surface area contributed by atoms with Crippen molar-refractivity contribution in [3.63, 3.8) is 0 Å². The van der Waals surface area contributed by atoms with E-state index < -0.39 is 17.7 Å². The molecule has 1 atom stereocenters. The first-order chi connectivity index (χ1) is 12.0. The Kier molecular flexibility index (Phi) is 6.11. The smallest absolute Gasteiger partial charge is 0.252 e. The molecule has 0 saturated heterocycles. The number of anilines is 1. The van der Waals surface area contributed by atoms with E-state index in [-0.39, 0.29) is 5.75 Å². The second kappa shape index (κ2) is 8.49. The second-order valence-electron chi connectivity index (χ2n) is 5.23. The lowest BCUT2D eigenvalue weighted by Crippen LogP contribution is -2.34. The van der Waals surface area contributed by atoms with Crippen LogP contribution in [0.25, 0.3) is 0 Å². The highest BCUT2D eigenvalue weighted by molar-refractivity contribution is 6.06. The number of ether oxygens (including phenoxy) is 1. The molecule has 1 unspecified atom stereocenters. The highest BCUT2D eigenvalue weighted by Gasteiger charge is 2.21. The molecule has 0 aliphatic rings. The number of aromatic hydroxyl groups is 1. The van der Waals surface area contributed by atoms with Gasteiger partial charge in [-0.05, 0) is 43.3 Å². The van der Waals surface area contributed by atoms with Crippen LogP contribution in [0.15, 0.2) is 53.6 Å². The number of nitrogens with zero attached hydrogens (tertiary/aromatic N) is 1. The van der Waals surface area contributed by atoms with Crippen molar-refractivity contribution in [2.75, 3.05) is 12.4 Å². The van der Waals surface area contributed by atoms with Crippen LogP contribution in [0.3, 0.4) is 0 Å². The summed E-state index contributed by atoms with van der Waals surface area (Å²) < 4.78 is 5.04. The lowest BCUT2D eigenvalue weighted by molar-refractivity contribution is -0.131. The highest BCUT2D eigenvalue weighted by atomic mass is 16.5. The minimum atomic E-state index is -0.941. The summed E-state index contributed by atoms with van der Waals surface area (Å²) in [5, 5.41) is 16.0. The number of hydrogen-bond donors (Lipinski definition) is 3. The van der Waals surface area contributed by atoms with Crippen LogP contribution >= 0.6 is 0 Å². The average Bonchev–Trinajstić information content (AvgIpc) is 2.63. The number of rotatable bonds is 6. The molecule has 0 heterocycles. The van der Waals surface area contributed by atoms with Gasteiger partial charge in [0.25, 0.3) is 5.91 Å². The van der Waals surface area contributed by atoms with E-state index in [1.54, 1.807) is 49.6 Å². The molecule has 0 aliphatic heterocycles. The molecule has 7 heteroatoms. The number of nitrogens with one attached hydrogen (secondary N) is 2. The van der Waals surface area contributed by atoms with Gasteiger partial charge in [0.05, 0.1) is 13.3 Å². The Morgan fingerprint density at radius 3 is 2.44 bits per heavy atom. The van der Waals surface area contributed by atoms with Crippen molar-refractivity contribution in [2.24, 2.45) is 11.0 Å². The van der Waals surface area contributed by atoms with Crippen LogP contribution in [0, 0.1) is 5.92 Å². The van der Waals surface area contributed by atoms with E-state index in [1.807, 2.05) is 0 Å². The SMILES string of the molecule is COc1ccc(NC(=O)C(C)C(=O)NN=Cc2ccccc2O)cc1. The molecule has 0 aromatic heterocycles. The molecule has 2 aromatic carbocycles. The number of methoxy groups -OCH3 is 1. The number of benzene rings is 2. The Labute approximate surface area is 145 Å². The fraction of sp³-hybridized carbons (Fsp3) is 0.167. The molecule has 2 rings (SSSR count). The Morgan fingerprint density at radius 2 is 1.80 bits per heavy atom. The summed E-state index contributed by atoms with van der Waals surface area (Å²) in [5.74, 6) is -1.24. The Bertz CT molecular complexity index is 772. The number of hydrazone groups is 1. The summed E-state index contributed by atoms with van der Waals surface area (Å²) in [4.78, 5) is 24.1. The van der Waals surface area contributed by atoms with Gasteiger partial charge in [0, 0.05) is 11.3 Å². The molecule has 7 nitrogen and oxygen atoms in total. The first-order valence-corrected chi connectivity index (χ1v) is 7.57.